The molecule has 0 aliphatic rings. The van der Waals surface area contributed by atoms with E-state index in [1.165, 1.54) is 32.1 Å². The van der Waals surface area contributed by atoms with E-state index in [2.05, 4.69) is 11.7 Å². The highest BCUT2D eigenvalue weighted by atomic mass is 32.2. The van der Waals surface area contributed by atoms with Crippen molar-refractivity contribution in [1.82, 2.24) is 0 Å². The normalized spacial score (nSPS) is 12.3. The van der Waals surface area contributed by atoms with Crippen molar-refractivity contribution in [3.63, 3.8) is 0 Å². The van der Waals surface area contributed by atoms with Crippen LogP contribution in [-0.2, 0) is 19.6 Å². The molecule has 0 unspecified atom stereocenters. The topological polar surface area (TPSA) is 80.7 Å². The maximum atomic E-state index is 12.8. The lowest BCUT2D eigenvalue weighted by Crippen LogP contribution is -2.34. The number of esters is 1. The maximum Gasteiger partial charge on any atom is 0.402 e. The van der Waals surface area contributed by atoms with E-state index in [1.807, 2.05) is 0 Å². The van der Waals surface area contributed by atoms with Gasteiger partial charge in [-0.25, -0.2) is 0 Å². The van der Waals surface area contributed by atoms with Crippen molar-refractivity contribution in [3.05, 3.63) is 0 Å². The molecular formula is C15H28F2O5S. The molecular weight excluding hydrogens is 330 g/mol. The predicted octanol–water partition coefficient (Wildman–Crippen LogP) is 4.32. The van der Waals surface area contributed by atoms with Crippen molar-refractivity contribution in [3.8, 4) is 0 Å². The Kier molecular flexibility index (Phi) is 11.3. The molecule has 23 heavy (non-hydrogen) atoms. The second kappa shape index (κ2) is 11.7. The van der Waals surface area contributed by atoms with Gasteiger partial charge in [-0.05, 0) is 6.42 Å². The van der Waals surface area contributed by atoms with E-state index < -0.39 is 27.9 Å². The summed E-state index contributed by atoms with van der Waals surface area (Å²) in [4.78, 5) is 11.2. The predicted molar refractivity (Wildman–Crippen MR) is 83.9 cm³/mol. The van der Waals surface area contributed by atoms with Crippen molar-refractivity contribution < 1.29 is 31.3 Å². The van der Waals surface area contributed by atoms with E-state index in [1.54, 1.807) is 0 Å². The molecule has 0 aromatic carbocycles. The maximum absolute atomic E-state index is 12.8. The Bertz CT molecular complexity index is 424. The van der Waals surface area contributed by atoms with Crippen LogP contribution in [0.5, 0.6) is 0 Å². The Labute approximate surface area is 137 Å². The molecule has 0 amide bonds. The number of rotatable bonds is 14. The van der Waals surface area contributed by atoms with Crippen molar-refractivity contribution in [2.75, 3.05) is 6.61 Å². The summed E-state index contributed by atoms with van der Waals surface area (Å²) in [7, 11) is -5.55. The van der Waals surface area contributed by atoms with Gasteiger partial charge >= 0.3 is 21.3 Å². The van der Waals surface area contributed by atoms with Crippen LogP contribution in [0.3, 0.4) is 0 Å². The highest BCUT2D eigenvalue weighted by Gasteiger charge is 2.45. The first-order chi connectivity index (χ1) is 10.7. The molecule has 5 nitrogen and oxygen atoms in total. The zero-order valence-corrected chi connectivity index (χ0v) is 14.5. The Morgan fingerprint density at radius 2 is 1.39 bits per heavy atom. The molecule has 0 atom stereocenters. The molecule has 1 N–H and O–H groups in total. The van der Waals surface area contributed by atoms with Gasteiger partial charge < -0.3 is 4.74 Å². The van der Waals surface area contributed by atoms with Gasteiger partial charge in [-0.15, -0.1) is 0 Å². The first kappa shape index (κ1) is 22.2. The first-order valence-corrected chi connectivity index (χ1v) is 9.65. The lowest BCUT2D eigenvalue weighted by Gasteiger charge is -2.12. The lowest BCUT2D eigenvalue weighted by molar-refractivity contribution is -0.149. The number of alkyl halides is 2. The Morgan fingerprint density at radius 1 is 0.957 bits per heavy atom. The van der Waals surface area contributed by atoms with E-state index in [-0.39, 0.29) is 6.42 Å². The van der Waals surface area contributed by atoms with Gasteiger partial charge in [0.05, 0.1) is 0 Å². The van der Waals surface area contributed by atoms with Gasteiger partial charge in [-0.1, -0.05) is 64.7 Å². The minimum absolute atomic E-state index is 0.0297. The van der Waals surface area contributed by atoms with Gasteiger partial charge in [0.15, 0.2) is 6.61 Å². The highest BCUT2D eigenvalue weighted by molar-refractivity contribution is 7.86. The summed E-state index contributed by atoms with van der Waals surface area (Å²) in [6.45, 7) is 0.525. The largest absolute Gasteiger partial charge is 0.458 e. The Balaban J connectivity index is 3.55. The highest BCUT2D eigenvalue weighted by Crippen LogP contribution is 2.21. The van der Waals surface area contributed by atoms with E-state index in [4.69, 9.17) is 4.55 Å². The van der Waals surface area contributed by atoms with E-state index in [0.29, 0.717) is 6.42 Å². The molecule has 0 heterocycles. The molecule has 0 spiro atoms. The van der Waals surface area contributed by atoms with Crippen LogP contribution < -0.4 is 0 Å². The fraction of sp³-hybridized carbons (Fsp3) is 0.933. The zero-order valence-electron chi connectivity index (χ0n) is 13.7. The van der Waals surface area contributed by atoms with Gasteiger partial charge in [0, 0.05) is 6.42 Å². The minimum Gasteiger partial charge on any atom is -0.458 e. The summed E-state index contributed by atoms with van der Waals surface area (Å²) < 4.78 is 58.7. The van der Waals surface area contributed by atoms with Crippen LogP contribution in [0, 0.1) is 0 Å². The quantitative estimate of drug-likeness (QED) is 0.284. The lowest BCUT2D eigenvalue weighted by atomic mass is 10.1. The minimum atomic E-state index is -5.55. The number of halogens is 2. The molecule has 0 fully saturated rings. The van der Waals surface area contributed by atoms with Crippen LogP contribution >= 0.6 is 0 Å². The molecule has 0 bridgehead atoms. The van der Waals surface area contributed by atoms with Gasteiger partial charge in [0.2, 0.25) is 0 Å². The summed E-state index contributed by atoms with van der Waals surface area (Å²) in [5.41, 5.74) is 0. The number of ether oxygens (including phenoxy) is 1. The summed E-state index contributed by atoms with van der Waals surface area (Å²) >= 11 is 0. The molecule has 0 saturated carbocycles. The van der Waals surface area contributed by atoms with Gasteiger partial charge in [-0.2, -0.15) is 17.2 Å². The summed E-state index contributed by atoms with van der Waals surface area (Å²) in [5, 5.41) is -4.46. The number of hydrogen-bond acceptors (Lipinski definition) is 4. The first-order valence-electron chi connectivity index (χ1n) is 8.21. The molecule has 8 heteroatoms. The summed E-state index contributed by atoms with van der Waals surface area (Å²) in [6, 6.07) is 0. The number of carbonyl (C=O) groups excluding carboxylic acids is 1. The standard InChI is InChI=1S/C15H28F2O5S/c1-2-3-4-5-6-7-8-9-10-11-12-14(18)22-13-15(16,17)23(19,20)21/h2-13H2,1H3,(H,19,20,21). The van der Waals surface area contributed by atoms with Crippen molar-refractivity contribution in [2.45, 2.75) is 82.8 Å². The fourth-order valence-corrected chi connectivity index (χ4v) is 2.28. The SMILES string of the molecule is CCCCCCCCCCCCC(=O)OCC(F)(F)S(=O)(=O)O. The van der Waals surface area contributed by atoms with E-state index in [9.17, 15) is 22.0 Å². The van der Waals surface area contributed by atoms with Gasteiger partial charge in [0.25, 0.3) is 0 Å². The van der Waals surface area contributed by atoms with Crippen LogP contribution in [0.1, 0.15) is 77.6 Å². The number of unbranched alkanes of at least 4 members (excludes halogenated alkanes) is 9. The molecule has 0 rings (SSSR count). The van der Waals surface area contributed by atoms with Crippen LogP contribution in [-0.4, -0.2) is 30.8 Å². The van der Waals surface area contributed by atoms with Crippen LogP contribution in [0.4, 0.5) is 8.78 Å². The molecule has 0 aliphatic heterocycles. The molecule has 0 aromatic heterocycles. The van der Waals surface area contributed by atoms with Crippen molar-refractivity contribution in [1.29, 1.82) is 0 Å². The summed E-state index contributed by atoms with van der Waals surface area (Å²) in [6.07, 6.45) is 10.8. The third-order valence-electron chi connectivity index (χ3n) is 3.51. The molecule has 0 aliphatic carbocycles. The second-order valence-electron chi connectivity index (χ2n) is 5.71. The zero-order chi connectivity index (χ0) is 17.8. The molecule has 138 valence electrons. The van der Waals surface area contributed by atoms with Gasteiger partial charge in [-0.3, -0.25) is 9.35 Å². The fourth-order valence-electron chi connectivity index (χ4n) is 2.07. The average Bonchev–Trinajstić information content (AvgIpc) is 2.46. The third kappa shape index (κ3) is 11.4. The van der Waals surface area contributed by atoms with Crippen LogP contribution in [0.15, 0.2) is 0 Å². The van der Waals surface area contributed by atoms with Gasteiger partial charge in [0.1, 0.15) is 0 Å². The molecule has 0 radical (unpaired) electrons. The monoisotopic (exact) mass is 358 g/mol. The van der Waals surface area contributed by atoms with Crippen LogP contribution in [0.25, 0.3) is 0 Å². The van der Waals surface area contributed by atoms with Crippen molar-refractivity contribution >= 4 is 16.1 Å². The number of hydrogen-bond donors (Lipinski definition) is 1. The molecule has 0 saturated heterocycles. The Hall–Kier alpha value is -0.760. The third-order valence-corrected chi connectivity index (χ3v) is 4.39. The van der Waals surface area contributed by atoms with Crippen molar-refractivity contribution in [2.24, 2.45) is 0 Å². The van der Waals surface area contributed by atoms with E-state index >= 15 is 0 Å². The van der Waals surface area contributed by atoms with Crippen LogP contribution in [0.2, 0.25) is 0 Å². The number of carbonyl (C=O) groups is 1. The summed E-state index contributed by atoms with van der Waals surface area (Å²) in [5.74, 6) is -0.882. The van der Waals surface area contributed by atoms with E-state index in [0.717, 1.165) is 25.7 Å². The Morgan fingerprint density at radius 3 is 1.83 bits per heavy atom. The second-order valence-corrected chi connectivity index (χ2v) is 7.25. The average molecular weight is 358 g/mol. The molecule has 0 aromatic rings. The smallest absolute Gasteiger partial charge is 0.402 e.